The van der Waals surface area contributed by atoms with Crippen LogP contribution < -0.4 is 11.2 Å². The van der Waals surface area contributed by atoms with Crippen LogP contribution >= 0.6 is 0 Å². The average Bonchev–Trinajstić information content (AvgIpc) is 3.17. The Morgan fingerprint density at radius 1 is 1.42 bits per heavy atom. The van der Waals surface area contributed by atoms with Gasteiger partial charge in [-0.2, -0.15) is 0 Å². The molecule has 6 heteroatoms. The van der Waals surface area contributed by atoms with E-state index >= 15 is 0 Å². The van der Waals surface area contributed by atoms with Crippen LogP contribution in [0, 0.1) is 5.82 Å². The molecule has 0 bridgehead atoms. The Hall–Kier alpha value is -2.37. The normalized spacial score (nSPS) is 14.8. The number of aromatic nitrogens is 1. The number of pyridine rings is 1. The highest BCUT2D eigenvalue weighted by atomic mass is 19.1. The van der Waals surface area contributed by atoms with E-state index < -0.39 is 17.2 Å². The van der Waals surface area contributed by atoms with Crippen LogP contribution in [-0.4, -0.2) is 15.6 Å². The zero-order valence-electron chi connectivity index (χ0n) is 9.89. The van der Waals surface area contributed by atoms with Crippen LogP contribution in [0.4, 0.5) is 10.1 Å². The van der Waals surface area contributed by atoms with Crippen molar-refractivity contribution in [2.45, 2.75) is 18.9 Å². The van der Waals surface area contributed by atoms with Crippen molar-refractivity contribution in [3.63, 3.8) is 0 Å². The summed E-state index contributed by atoms with van der Waals surface area (Å²) in [6.07, 6.45) is 3.14. The lowest BCUT2D eigenvalue weighted by Gasteiger charge is -2.12. The molecule has 0 atom stereocenters. The Balaban J connectivity index is 2.49. The third-order valence-corrected chi connectivity index (χ3v) is 3.36. The molecule has 98 valence electrons. The molecule has 0 spiro atoms. The molecular weight excluding hydrogens is 251 g/mol. The second-order valence-corrected chi connectivity index (χ2v) is 4.67. The Bertz CT molecular complexity index is 763. The number of nitrogens with two attached hydrogens (primary N) is 1. The predicted molar refractivity (Wildman–Crippen MR) is 67.8 cm³/mol. The maximum absolute atomic E-state index is 13.5. The fourth-order valence-electron chi connectivity index (χ4n) is 2.25. The van der Waals surface area contributed by atoms with Gasteiger partial charge in [0.1, 0.15) is 11.4 Å². The molecule has 1 heterocycles. The fraction of sp³-hybridized carbons (Fsp3) is 0.231. The average molecular weight is 262 g/mol. The molecule has 0 amide bonds. The molecule has 1 aromatic heterocycles. The molecule has 1 fully saturated rings. The number of hydrogen-bond acceptors (Lipinski definition) is 3. The quantitative estimate of drug-likeness (QED) is 0.807. The molecule has 1 aromatic carbocycles. The van der Waals surface area contributed by atoms with Crippen LogP contribution in [0.1, 0.15) is 29.2 Å². The van der Waals surface area contributed by atoms with Gasteiger partial charge in [-0.3, -0.25) is 4.79 Å². The van der Waals surface area contributed by atoms with Crippen molar-refractivity contribution >= 4 is 22.6 Å². The van der Waals surface area contributed by atoms with Crippen LogP contribution in [0.2, 0.25) is 0 Å². The number of anilines is 1. The number of aromatic carboxylic acids is 1. The minimum atomic E-state index is -1.33. The summed E-state index contributed by atoms with van der Waals surface area (Å²) in [5, 5.41) is 9.01. The highest BCUT2D eigenvalue weighted by Gasteiger charge is 2.27. The zero-order chi connectivity index (χ0) is 13.7. The van der Waals surface area contributed by atoms with E-state index in [2.05, 4.69) is 0 Å². The Labute approximate surface area is 107 Å². The number of carbonyl (C=O) groups is 1. The van der Waals surface area contributed by atoms with E-state index in [1.807, 2.05) is 0 Å². The topological polar surface area (TPSA) is 85.3 Å². The molecule has 0 unspecified atom stereocenters. The lowest BCUT2D eigenvalue weighted by atomic mass is 10.1. The lowest BCUT2D eigenvalue weighted by Crippen LogP contribution is -2.20. The Morgan fingerprint density at radius 2 is 2.11 bits per heavy atom. The molecule has 0 aliphatic heterocycles. The van der Waals surface area contributed by atoms with Gasteiger partial charge >= 0.3 is 5.97 Å². The predicted octanol–water partition coefficient (Wildman–Crippen LogP) is 1.76. The third-order valence-electron chi connectivity index (χ3n) is 3.36. The minimum Gasteiger partial charge on any atom is -0.477 e. The largest absolute Gasteiger partial charge is 0.477 e. The molecule has 1 aliphatic carbocycles. The van der Waals surface area contributed by atoms with Crippen LogP contribution in [0.25, 0.3) is 10.9 Å². The number of carboxylic acid groups (broad SMARTS) is 1. The smallest absolute Gasteiger partial charge is 0.341 e. The number of hydrogen-bond donors (Lipinski definition) is 2. The van der Waals surface area contributed by atoms with Gasteiger partial charge in [-0.15, -0.1) is 0 Å². The van der Waals surface area contributed by atoms with E-state index in [4.69, 9.17) is 10.8 Å². The molecule has 0 saturated heterocycles. The summed E-state index contributed by atoms with van der Waals surface area (Å²) in [4.78, 5) is 23.2. The summed E-state index contributed by atoms with van der Waals surface area (Å²) in [7, 11) is 0. The molecular formula is C13H11FN2O3. The molecule has 19 heavy (non-hydrogen) atoms. The van der Waals surface area contributed by atoms with Crippen molar-refractivity contribution in [2.75, 3.05) is 5.73 Å². The van der Waals surface area contributed by atoms with Crippen molar-refractivity contribution in [3.05, 3.63) is 39.9 Å². The second kappa shape index (κ2) is 3.81. The van der Waals surface area contributed by atoms with E-state index in [-0.39, 0.29) is 22.7 Å². The van der Waals surface area contributed by atoms with E-state index in [1.54, 1.807) is 4.57 Å². The highest BCUT2D eigenvalue weighted by molar-refractivity contribution is 5.97. The first-order valence-electron chi connectivity index (χ1n) is 5.87. The number of rotatable bonds is 2. The van der Waals surface area contributed by atoms with Gasteiger partial charge in [0, 0.05) is 12.2 Å². The summed E-state index contributed by atoms with van der Waals surface area (Å²) in [5.41, 5.74) is 4.67. The second-order valence-electron chi connectivity index (χ2n) is 4.67. The molecule has 2 aromatic rings. The lowest BCUT2D eigenvalue weighted by molar-refractivity contribution is 0.0695. The number of fused-ring (bicyclic) bond motifs is 1. The van der Waals surface area contributed by atoms with Crippen LogP contribution in [0.15, 0.2) is 23.1 Å². The maximum Gasteiger partial charge on any atom is 0.341 e. The van der Waals surface area contributed by atoms with Gasteiger partial charge in [0.05, 0.1) is 16.6 Å². The van der Waals surface area contributed by atoms with Crippen LogP contribution in [0.3, 0.4) is 0 Å². The van der Waals surface area contributed by atoms with Gasteiger partial charge in [0.25, 0.3) is 0 Å². The van der Waals surface area contributed by atoms with Crippen molar-refractivity contribution in [1.29, 1.82) is 0 Å². The molecule has 0 radical (unpaired) electrons. The first-order valence-corrected chi connectivity index (χ1v) is 5.87. The van der Waals surface area contributed by atoms with Crippen molar-refractivity contribution in [3.8, 4) is 0 Å². The number of halogens is 1. The summed E-state index contributed by atoms with van der Waals surface area (Å²) >= 11 is 0. The zero-order valence-corrected chi connectivity index (χ0v) is 9.89. The third kappa shape index (κ3) is 1.68. The number of nitrogens with zero attached hydrogens (tertiary/aromatic N) is 1. The summed E-state index contributed by atoms with van der Waals surface area (Å²) in [5.74, 6) is -2.04. The highest BCUT2D eigenvalue weighted by Crippen LogP contribution is 2.37. The van der Waals surface area contributed by atoms with E-state index in [9.17, 15) is 14.0 Å². The first kappa shape index (κ1) is 11.7. The first-order chi connectivity index (χ1) is 9.00. The van der Waals surface area contributed by atoms with Crippen molar-refractivity contribution in [1.82, 2.24) is 4.57 Å². The minimum absolute atomic E-state index is 0.0493. The van der Waals surface area contributed by atoms with Gasteiger partial charge in [-0.25, -0.2) is 9.18 Å². The molecule has 3 N–H and O–H groups in total. The number of carboxylic acids is 1. The molecule has 1 saturated carbocycles. The monoisotopic (exact) mass is 262 g/mol. The number of nitrogen functional groups attached to an aromatic ring is 1. The molecule has 3 rings (SSSR count). The summed E-state index contributed by atoms with van der Waals surface area (Å²) in [6.45, 7) is 0. The van der Waals surface area contributed by atoms with Gasteiger partial charge < -0.3 is 15.4 Å². The van der Waals surface area contributed by atoms with E-state index in [1.165, 1.54) is 18.3 Å². The van der Waals surface area contributed by atoms with Crippen molar-refractivity contribution < 1.29 is 14.3 Å². The summed E-state index contributed by atoms with van der Waals surface area (Å²) in [6, 6.07) is 2.81. The van der Waals surface area contributed by atoms with E-state index in [0.29, 0.717) is 5.52 Å². The Kier molecular flexibility index (Phi) is 2.35. The van der Waals surface area contributed by atoms with Gasteiger partial charge in [0.2, 0.25) is 5.43 Å². The molecule has 1 aliphatic rings. The van der Waals surface area contributed by atoms with Gasteiger partial charge in [-0.1, -0.05) is 0 Å². The Morgan fingerprint density at radius 3 is 2.68 bits per heavy atom. The summed E-state index contributed by atoms with van der Waals surface area (Å²) < 4.78 is 15.2. The standard InChI is InChI=1S/C13H11FN2O3/c14-8-3-4-9-10(11(8)15)12(17)7(13(18)19)5-16(9)6-1-2-6/h3-6H,1-2,15H2,(H,18,19). The SMILES string of the molecule is Nc1c(F)ccc2c1c(=O)c(C(=O)O)cn2C1CC1. The molecule has 5 nitrogen and oxygen atoms in total. The van der Waals surface area contributed by atoms with E-state index in [0.717, 1.165) is 12.8 Å². The van der Waals surface area contributed by atoms with Crippen LogP contribution in [0.5, 0.6) is 0 Å². The van der Waals surface area contributed by atoms with Gasteiger partial charge in [0.15, 0.2) is 0 Å². The van der Waals surface area contributed by atoms with Gasteiger partial charge in [-0.05, 0) is 25.0 Å². The van der Waals surface area contributed by atoms with Crippen LogP contribution in [-0.2, 0) is 0 Å². The number of benzene rings is 1. The fourth-order valence-corrected chi connectivity index (χ4v) is 2.25. The van der Waals surface area contributed by atoms with Crippen molar-refractivity contribution in [2.24, 2.45) is 0 Å². The maximum atomic E-state index is 13.5.